The third-order valence-electron chi connectivity index (χ3n) is 5.37. The number of nitrogens with one attached hydrogen (secondary N) is 1. The predicted octanol–water partition coefficient (Wildman–Crippen LogP) is 8.18. The lowest BCUT2D eigenvalue weighted by Gasteiger charge is -2.26. The molecule has 1 aliphatic carbocycles. The minimum atomic E-state index is 0.489. The van der Waals surface area contributed by atoms with Crippen LogP contribution in [0.2, 0.25) is 0 Å². The van der Waals surface area contributed by atoms with E-state index in [-0.39, 0.29) is 0 Å². The van der Waals surface area contributed by atoms with Crippen molar-refractivity contribution in [2.45, 2.75) is 47.0 Å². The molecule has 0 atom stereocenters. The molecule has 0 saturated heterocycles. The number of benzene rings is 2. The van der Waals surface area contributed by atoms with Crippen molar-refractivity contribution in [2.24, 2.45) is 10.9 Å². The molecular weight excluding hydrogens is 432 g/mol. The van der Waals surface area contributed by atoms with E-state index in [1.54, 1.807) is 6.07 Å². The number of para-hydroxylation sites is 1. The number of hydrogen-bond acceptors (Lipinski definition) is 4. The molecule has 184 valence electrons. The Balaban J connectivity index is 0.000000239. The van der Waals surface area contributed by atoms with Crippen molar-refractivity contribution in [1.29, 1.82) is 0 Å². The molecule has 0 unspecified atom stereocenters. The number of amidine groups is 1. The van der Waals surface area contributed by atoms with E-state index in [1.165, 1.54) is 36.6 Å². The Labute approximate surface area is 210 Å². The molecule has 3 aromatic rings. The van der Waals surface area contributed by atoms with Crippen LogP contribution >= 0.6 is 0 Å². The van der Waals surface area contributed by atoms with Gasteiger partial charge in [-0.2, -0.15) is 0 Å². The Morgan fingerprint density at radius 1 is 1.00 bits per heavy atom. The van der Waals surface area contributed by atoms with Crippen molar-refractivity contribution in [3.05, 3.63) is 103 Å². The summed E-state index contributed by atoms with van der Waals surface area (Å²) in [6.45, 7) is 11.9. The molecule has 0 amide bonds. The monoisotopic (exact) mass is 470 g/mol. The number of rotatable bonds is 6. The number of aryl methyl sites for hydroxylation is 1. The zero-order chi connectivity index (χ0) is 25.5. The Bertz CT molecular complexity index is 1080. The van der Waals surface area contributed by atoms with Gasteiger partial charge in [0.1, 0.15) is 29.0 Å². The van der Waals surface area contributed by atoms with Crippen LogP contribution in [0.15, 0.2) is 102 Å². The molecule has 3 N–H and O–H groups in total. The first-order valence-corrected chi connectivity index (χ1v) is 12.2. The molecule has 1 fully saturated rings. The molecule has 5 heteroatoms. The van der Waals surface area contributed by atoms with E-state index in [0.29, 0.717) is 17.6 Å². The number of anilines is 2. The summed E-state index contributed by atoms with van der Waals surface area (Å²) in [5, 5.41) is 3.17. The van der Waals surface area contributed by atoms with Gasteiger partial charge in [-0.3, -0.25) is 0 Å². The lowest BCUT2D eigenvalue weighted by Crippen LogP contribution is -2.16. The normalized spacial score (nSPS) is 13.3. The first-order chi connectivity index (χ1) is 17.0. The number of aromatic nitrogens is 1. The SMILES string of the molecule is C=CN=C(/C=C(\C)C1CCC1)Nc1cccc(N)n1.CC.Cc1ccc(Oc2ccccc2)cc1. The fourth-order valence-corrected chi connectivity index (χ4v) is 3.28. The van der Waals surface area contributed by atoms with Crippen molar-refractivity contribution in [2.75, 3.05) is 11.1 Å². The first-order valence-electron chi connectivity index (χ1n) is 12.2. The molecule has 1 aromatic heterocycles. The van der Waals surface area contributed by atoms with Crippen LogP contribution < -0.4 is 15.8 Å². The van der Waals surface area contributed by atoms with Gasteiger partial charge in [0.2, 0.25) is 0 Å². The fraction of sp³-hybridized carbons (Fsp3) is 0.267. The second-order valence-corrected chi connectivity index (χ2v) is 8.01. The number of aliphatic imine (C=N–C) groups is 1. The topological polar surface area (TPSA) is 72.5 Å². The van der Waals surface area contributed by atoms with Gasteiger partial charge in [-0.15, -0.1) is 0 Å². The number of nitrogens with two attached hydrogens (primary N) is 1. The number of pyridine rings is 1. The van der Waals surface area contributed by atoms with Gasteiger partial charge in [-0.1, -0.05) is 74.4 Å². The largest absolute Gasteiger partial charge is 0.457 e. The van der Waals surface area contributed by atoms with Crippen molar-refractivity contribution in [1.82, 2.24) is 4.98 Å². The van der Waals surface area contributed by atoms with Crippen LogP contribution in [0.25, 0.3) is 0 Å². The number of nitrogen functional groups attached to an aromatic ring is 1. The summed E-state index contributed by atoms with van der Waals surface area (Å²) in [4.78, 5) is 8.45. The molecule has 5 nitrogen and oxygen atoms in total. The summed E-state index contributed by atoms with van der Waals surface area (Å²) in [5.41, 5.74) is 8.25. The fourth-order valence-electron chi connectivity index (χ4n) is 3.28. The highest BCUT2D eigenvalue weighted by Crippen LogP contribution is 2.32. The Morgan fingerprint density at radius 2 is 1.66 bits per heavy atom. The average molecular weight is 471 g/mol. The predicted molar refractivity (Wildman–Crippen MR) is 150 cm³/mol. The van der Waals surface area contributed by atoms with Crippen LogP contribution in [0.5, 0.6) is 11.5 Å². The maximum absolute atomic E-state index is 5.66. The molecule has 0 bridgehead atoms. The van der Waals surface area contributed by atoms with Gasteiger partial charge in [0, 0.05) is 6.20 Å². The molecule has 0 spiro atoms. The van der Waals surface area contributed by atoms with Gasteiger partial charge in [-0.05, 0) is 75.1 Å². The second kappa shape index (κ2) is 15.1. The minimum Gasteiger partial charge on any atom is -0.457 e. The highest BCUT2D eigenvalue weighted by atomic mass is 16.5. The first kappa shape index (κ1) is 27.4. The van der Waals surface area contributed by atoms with Crippen molar-refractivity contribution in [3.8, 4) is 11.5 Å². The van der Waals surface area contributed by atoms with E-state index >= 15 is 0 Å². The number of nitrogens with zero attached hydrogens (tertiary/aromatic N) is 2. The molecular formula is C30H38N4O. The molecule has 2 aromatic carbocycles. The van der Waals surface area contributed by atoms with Crippen LogP contribution in [-0.4, -0.2) is 10.8 Å². The molecule has 0 aliphatic heterocycles. The lowest BCUT2D eigenvalue weighted by atomic mass is 9.80. The van der Waals surface area contributed by atoms with E-state index in [0.717, 1.165) is 17.3 Å². The maximum Gasteiger partial charge on any atom is 0.133 e. The number of ether oxygens (including phenoxy) is 1. The van der Waals surface area contributed by atoms with Crippen LogP contribution in [0.3, 0.4) is 0 Å². The van der Waals surface area contributed by atoms with E-state index in [4.69, 9.17) is 10.5 Å². The van der Waals surface area contributed by atoms with Gasteiger partial charge in [0.25, 0.3) is 0 Å². The zero-order valence-corrected chi connectivity index (χ0v) is 21.4. The van der Waals surface area contributed by atoms with Gasteiger partial charge < -0.3 is 15.8 Å². The zero-order valence-electron chi connectivity index (χ0n) is 21.4. The molecule has 4 rings (SSSR count). The highest BCUT2D eigenvalue weighted by Gasteiger charge is 2.19. The summed E-state index contributed by atoms with van der Waals surface area (Å²) in [7, 11) is 0. The summed E-state index contributed by atoms with van der Waals surface area (Å²) < 4.78 is 5.63. The molecule has 35 heavy (non-hydrogen) atoms. The molecule has 1 heterocycles. The van der Waals surface area contributed by atoms with Crippen LogP contribution in [0.4, 0.5) is 11.6 Å². The van der Waals surface area contributed by atoms with Crippen LogP contribution in [0.1, 0.15) is 45.6 Å². The lowest BCUT2D eigenvalue weighted by molar-refractivity contribution is 0.368. The second-order valence-electron chi connectivity index (χ2n) is 8.01. The van der Waals surface area contributed by atoms with E-state index < -0.39 is 0 Å². The van der Waals surface area contributed by atoms with Gasteiger partial charge in [-0.25, -0.2) is 9.98 Å². The molecule has 0 radical (unpaired) electrons. The summed E-state index contributed by atoms with van der Waals surface area (Å²) in [6, 6.07) is 23.3. The summed E-state index contributed by atoms with van der Waals surface area (Å²) >= 11 is 0. The van der Waals surface area contributed by atoms with Crippen molar-refractivity contribution < 1.29 is 4.74 Å². The third kappa shape index (κ3) is 9.88. The number of allylic oxidation sites excluding steroid dienone is 1. The van der Waals surface area contributed by atoms with Crippen molar-refractivity contribution in [3.63, 3.8) is 0 Å². The van der Waals surface area contributed by atoms with E-state index in [1.807, 2.05) is 80.6 Å². The van der Waals surface area contributed by atoms with Gasteiger partial charge in [0.15, 0.2) is 0 Å². The van der Waals surface area contributed by atoms with E-state index in [9.17, 15) is 0 Å². The van der Waals surface area contributed by atoms with Crippen LogP contribution in [-0.2, 0) is 0 Å². The highest BCUT2D eigenvalue weighted by molar-refractivity contribution is 6.04. The smallest absolute Gasteiger partial charge is 0.133 e. The third-order valence-corrected chi connectivity index (χ3v) is 5.37. The standard InChI is InChI=1S/C15H20N4.C13H12O.C2H6/c1-3-17-15(10-11(2)12-6-4-7-12)19-14-9-5-8-13(16)18-14;1-11-7-9-13(10-8-11)14-12-5-3-2-4-6-12;1-2/h3,5,8-10,12H,1,4,6-7H2,2H3,(H3,16,17,18,19);2-10H,1H3;1-2H3/b11-10+;;. The average Bonchev–Trinajstić information content (AvgIpc) is 2.82. The van der Waals surface area contributed by atoms with Gasteiger partial charge in [0.05, 0.1) is 0 Å². The Morgan fingerprint density at radius 3 is 2.23 bits per heavy atom. The Kier molecular flexibility index (Phi) is 11.8. The van der Waals surface area contributed by atoms with Gasteiger partial charge >= 0.3 is 0 Å². The molecule has 1 saturated carbocycles. The number of hydrogen-bond donors (Lipinski definition) is 2. The summed E-state index contributed by atoms with van der Waals surface area (Å²) in [5.74, 6) is 4.38. The van der Waals surface area contributed by atoms with Crippen LogP contribution in [0, 0.1) is 12.8 Å². The minimum absolute atomic E-state index is 0.489. The summed E-state index contributed by atoms with van der Waals surface area (Å²) in [6.07, 6.45) is 7.48. The quantitative estimate of drug-likeness (QED) is 0.281. The maximum atomic E-state index is 5.66. The molecule has 1 aliphatic rings. The van der Waals surface area contributed by atoms with E-state index in [2.05, 4.69) is 41.8 Å². The Hall–Kier alpha value is -3.86. The van der Waals surface area contributed by atoms with Crippen molar-refractivity contribution >= 4 is 17.5 Å².